The molecular weight excluding hydrogens is 730 g/mol. The van der Waals surface area contributed by atoms with Crippen LogP contribution < -0.4 is 32.5 Å². The Hall–Kier alpha value is -5.64. The van der Waals surface area contributed by atoms with Crippen molar-refractivity contribution in [3.63, 3.8) is 0 Å². The smallest absolute Gasteiger partial charge is 0.365 e. The van der Waals surface area contributed by atoms with E-state index in [9.17, 15) is 45.5 Å². The predicted octanol–water partition coefficient (Wildman–Crippen LogP) is 2.27. The molecule has 0 saturated carbocycles. The van der Waals surface area contributed by atoms with E-state index < -0.39 is 66.9 Å². The van der Waals surface area contributed by atoms with Gasteiger partial charge in [-0.05, 0) is 25.0 Å². The first-order valence-electron chi connectivity index (χ1n) is 16.7. The Bertz CT molecular complexity index is 2060. The van der Waals surface area contributed by atoms with Gasteiger partial charge >= 0.3 is 12.4 Å². The van der Waals surface area contributed by atoms with Crippen molar-refractivity contribution in [1.29, 1.82) is 0 Å². The number of aromatic nitrogens is 4. The zero-order valence-corrected chi connectivity index (χ0v) is 28.6. The molecule has 3 atom stereocenters. The van der Waals surface area contributed by atoms with Gasteiger partial charge in [0.15, 0.2) is 0 Å². The third-order valence-corrected chi connectivity index (χ3v) is 9.28. The number of carbonyl (C=O) groups excluding carboxylic acids is 4. The van der Waals surface area contributed by atoms with E-state index in [1.54, 1.807) is 39.1 Å². The fourth-order valence-corrected chi connectivity index (χ4v) is 6.75. The van der Waals surface area contributed by atoms with Crippen molar-refractivity contribution in [2.45, 2.75) is 31.2 Å². The molecule has 4 aromatic heterocycles. The van der Waals surface area contributed by atoms with Gasteiger partial charge in [0.25, 0.3) is 11.8 Å². The molecule has 16 nitrogen and oxygen atoms in total. The van der Waals surface area contributed by atoms with E-state index in [-0.39, 0.29) is 55.8 Å². The van der Waals surface area contributed by atoms with Crippen molar-refractivity contribution in [2.24, 2.45) is 17.6 Å². The number of nitrogens with two attached hydrogens (primary N) is 1. The number of anilines is 2. The highest BCUT2D eigenvalue weighted by molar-refractivity contribution is 6.07. The van der Waals surface area contributed by atoms with Crippen LogP contribution in [0.3, 0.4) is 0 Å². The lowest BCUT2D eigenvalue weighted by Crippen LogP contribution is -2.50. The van der Waals surface area contributed by atoms with Gasteiger partial charge in [-0.1, -0.05) is 0 Å². The van der Waals surface area contributed by atoms with Gasteiger partial charge < -0.3 is 42.1 Å². The Morgan fingerprint density at radius 3 is 2.15 bits per heavy atom. The van der Waals surface area contributed by atoms with Crippen LogP contribution >= 0.6 is 0 Å². The number of rotatable bonds is 11. The number of carbonyl (C=O) groups is 4. The van der Waals surface area contributed by atoms with Gasteiger partial charge in [-0.15, -0.1) is 0 Å². The molecule has 6 rings (SSSR count). The van der Waals surface area contributed by atoms with Gasteiger partial charge in [0.05, 0.1) is 40.4 Å². The number of nitrogens with zero attached hydrogens (tertiary/aromatic N) is 5. The first-order chi connectivity index (χ1) is 25.5. The van der Waals surface area contributed by atoms with Crippen LogP contribution in [0.2, 0.25) is 0 Å². The maximum atomic E-state index is 13.2. The van der Waals surface area contributed by atoms with Gasteiger partial charge in [-0.3, -0.25) is 19.2 Å². The molecule has 6 heterocycles. The van der Waals surface area contributed by atoms with E-state index in [1.807, 2.05) is 10.6 Å². The Morgan fingerprint density at radius 2 is 1.48 bits per heavy atom. The summed E-state index contributed by atoms with van der Waals surface area (Å²) >= 11 is 0. The highest BCUT2D eigenvalue weighted by Gasteiger charge is 2.37. The molecule has 2 aliphatic heterocycles. The summed E-state index contributed by atoms with van der Waals surface area (Å²) in [5, 5.41) is 10.5. The number of primary amides is 1. The maximum absolute atomic E-state index is 13.2. The van der Waals surface area contributed by atoms with Crippen LogP contribution in [0.5, 0.6) is 0 Å². The lowest BCUT2D eigenvalue weighted by Gasteiger charge is -2.38. The highest BCUT2D eigenvalue weighted by atomic mass is 19.4. The lowest BCUT2D eigenvalue weighted by molar-refractivity contribution is -0.142. The Kier molecular flexibility index (Phi) is 10.6. The number of pyridine rings is 2. The second-order valence-electron chi connectivity index (χ2n) is 13.0. The van der Waals surface area contributed by atoms with Crippen LogP contribution in [-0.2, 0) is 9.59 Å². The summed E-state index contributed by atoms with van der Waals surface area (Å²) in [5.41, 5.74) is 13.4. The summed E-state index contributed by atoms with van der Waals surface area (Å²) in [6.07, 6.45) is -3.06. The quantitative estimate of drug-likeness (QED) is 0.111. The molecule has 1 unspecified atom stereocenters. The molecule has 0 spiro atoms. The van der Waals surface area contributed by atoms with Gasteiger partial charge in [-0.2, -0.15) is 26.3 Å². The highest BCUT2D eigenvalue weighted by Crippen LogP contribution is 2.35. The summed E-state index contributed by atoms with van der Waals surface area (Å²) in [7, 11) is 1.44. The zero-order chi connectivity index (χ0) is 38.9. The van der Waals surface area contributed by atoms with Crippen LogP contribution in [-0.4, -0.2) is 112 Å². The molecule has 0 radical (unpaired) electrons. The van der Waals surface area contributed by atoms with Crippen molar-refractivity contribution >= 4 is 57.1 Å². The number of aromatic amines is 1. The van der Waals surface area contributed by atoms with E-state index in [1.165, 1.54) is 19.4 Å². The molecule has 54 heavy (non-hydrogen) atoms. The van der Waals surface area contributed by atoms with Crippen LogP contribution in [0.1, 0.15) is 39.6 Å². The maximum Gasteiger partial charge on any atom is 0.405 e. The predicted molar refractivity (Wildman–Crippen MR) is 182 cm³/mol. The number of fused-ring (bicyclic) bond motifs is 2. The normalized spacial score (nSPS) is 19.9. The number of amides is 4. The number of halogens is 6. The van der Waals surface area contributed by atoms with Crippen molar-refractivity contribution in [3.05, 3.63) is 48.0 Å². The molecule has 0 aliphatic carbocycles. The van der Waals surface area contributed by atoms with Crippen molar-refractivity contribution in [1.82, 2.24) is 45.5 Å². The molecule has 2 saturated heterocycles. The largest absolute Gasteiger partial charge is 0.405 e. The van der Waals surface area contributed by atoms with Crippen LogP contribution in [0.15, 0.2) is 36.9 Å². The lowest BCUT2D eigenvalue weighted by atomic mass is 9.94. The summed E-state index contributed by atoms with van der Waals surface area (Å²) in [6, 6.07) is 2.71. The Labute approximate surface area is 302 Å². The average molecular weight is 767 g/mol. The van der Waals surface area contributed by atoms with E-state index in [4.69, 9.17) is 5.73 Å². The van der Waals surface area contributed by atoms with E-state index in [0.717, 1.165) is 0 Å². The number of hydrogen-bond acceptors (Lipinski definition) is 10. The number of hydrogen-bond donors (Lipinski definition) is 7. The van der Waals surface area contributed by atoms with E-state index >= 15 is 0 Å². The Morgan fingerprint density at radius 1 is 0.852 bits per heavy atom. The van der Waals surface area contributed by atoms with E-state index in [0.29, 0.717) is 27.8 Å². The molecule has 2 aliphatic rings. The summed E-state index contributed by atoms with van der Waals surface area (Å²) in [6.45, 7) is -2.61. The standard InChI is InChI=1S/C32H36F6N12O4/c1-40-30(54)22-10-42-26-19(2-5-41-26)23(22)47-49-12-17(29(53)45-15-32(36,37)38)8-18(13-49)50-7-4-20-24(21(25(39)51)9-43-27(20)50)46-48-6-3-16(11-48)28(52)44-14-31(33,34)35/h2,4-5,7,9-10,16-18H,3,6,8,11-15H2,1H3,(H2,39,51)(H,40,54)(H,43,46)(H,44,52)(H,45,53)(H2,41,42,47)/t16-,17+,18?/m1/s1. The SMILES string of the molecule is CNC(=O)c1cnc2[nH]ccc2c1NN1CC(n2ccc3c(NN4CC[C@@H](C(=O)NCC(F)(F)F)C4)c(C(N)=O)cnc32)C[C@H](C(=O)NCC(F)(F)F)C1. The number of hydrazine groups is 2. The fourth-order valence-electron chi connectivity index (χ4n) is 6.75. The van der Waals surface area contributed by atoms with Crippen molar-refractivity contribution in [3.8, 4) is 0 Å². The monoisotopic (exact) mass is 766 g/mol. The molecule has 22 heteroatoms. The molecule has 4 amide bonds. The number of piperidine rings is 1. The molecule has 4 aromatic rings. The van der Waals surface area contributed by atoms with Crippen LogP contribution in [0, 0.1) is 11.8 Å². The molecular formula is C32H36F6N12O4. The third-order valence-electron chi connectivity index (χ3n) is 9.28. The van der Waals surface area contributed by atoms with Crippen LogP contribution in [0.25, 0.3) is 22.1 Å². The van der Waals surface area contributed by atoms with Gasteiger partial charge in [0, 0.05) is 68.8 Å². The number of H-pyrrole nitrogens is 1. The van der Waals surface area contributed by atoms with E-state index in [2.05, 4.69) is 31.1 Å². The number of nitrogens with one attached hydrogen (secondary N) is 6. The second kappa shape index (κ2) is 15.0. The fraction of sp³-hybridized carbons (Fsp3) is 0.438. The Balaban J connectivity index is 1.30. The minimum absolute atomic E-state index is 0.0171. The van der Waals surface area contributed by atoms with Gasteiger partial charge in [-0.25, -0.2) is 20.0 Å². The first kappa shape index (κ1) is 38.1. The molecule has 290 valence electrons. The molecule has 8 N–H and O–H groups in total. The van der Waals surface area contributed by atoms with Crippen molar-refractivity contribution in [2.75, 3.05) is 57.2 Å². The first-order valence-corrected chi connectivity index (χ1v) is 16.7. The molecule has 2 fully saturated rings. The van der Waals surface area contributed by atoms with Crippen LogP contribution in [0.4, 0.5) is 37.7 Å². The van der Waals surface area contributed by atoms with Gasteiger partial charge in [0.1, 0.15) is 24.4 Å². The average Bonchev–Trinajstić information content (AvgIpc) is 3.89. The van der Waals surface area contributed by atoms with Crippen molar-refractivity contribution < 1.29 is 45.5 Å². The second-order valence-corrected chi connectivity index (χ2v) is 13.0. The van der Waals surface area contributed by atoms with Gasteiger partial charge in [0.2, 0.25) is 11.8 Å². The topological polar surface area (TPSA) is 207 Å². The minimum atomic E-state index is -4.65. The molecule has 0 bridgehead atoms. The zero-order valence-electron chi connectivity index (χ0n) is 28.6. The summed E-state index contributed by atoms with van der Waals surface area (Å²) in [5.74, 6) is -4.66. The minimum Gasteiger partial charge on any atom is -0.365 e. The number of alkyl halides is 6. The summed E-state index contributed by atoms with van der Waals surface area (Å²) in [4.78, 5) is 62.7. The third kappa shape index (κ3) is 8.43. The summed E-state index contributed by atoms with van der Waals surface area (Å²) < 4.78 is 79.0. The molecule has 0 aromatic carbocycles.